The Morgan fingerprint density at radius 3 is 2.59 bits per heavy atom. The van der Waals surface area contributed by atoms with Crippen LogP contribution < -0.4 is 11.1 Å². The van der Waals surface area contributed by atoms with Gasteiger partial charge in [0.25, 0.3) is 0 Å². The largest absolute Gasteiger partial charge is 0.444 e. The normalized spacial score (nSPS) is 19.9. The van der Waals surface area contributed by atoms with E-state index < -0.39 is 23.8 Å². The van der Waals surface area contributed by atoms with Crippen LogP contribution in [0.3, 0.4) is 0 Å². The highest BCUT2D eigenvalue weighted by molar-refractivity contribution is 5.86. The third-order valence-electron chi connectivity index (χ3n) is 3.41. The highest BCUT2D eigenvalue weighted by Gasteiger charge is 2.31. The molecule has 1 saturated heterocycles. The second-order valence-electron chi connectivity index (χ2n) is 6.71. The second-order valence-corrected chi connectivity index (χ2v) is 6.71. The lowest BCUT2D eigenvalue weighted by atomic mass is 10.1. The van der Waals surface area contributed by atoms with Crippen LogP contribution in [0.1, 0.15) is 46.5 Å². The van der Waals surface area contributed by atoms with Crippen molar-refractivity contribution < 1.29 is 19.4 Å². The van der Waals surface area contributed by atoms with Crippen LogP contribution in [0.25, 0.3) is 0 Å². The fourth-order valence-corrected chi connectivity index (χ4v) is 2.36. The van der Waals surface area contributed by atoms with E-state index in [0.29, 0.717) is 32.5 Å². The zero-order valence-corrected chi connectivity index (χ0v) is 13.8. The monoisotopic (exact) mass is 315 g/mol. The molecule has 2 amide bonds. The number of amides is 2. The standard InChI is InChI=1S/C15H29N3O4/c1-15(2,3)22-14(21)17-12(6-4-5-8-16)13(20)18-9-7-11(19)10-18/h11-12,19H,4-10,16H2,1-3H3,(H,17,21)/t11-,12-/m0/s1. The van der Waals surface area contributed by atoms with E-state index in [0.717, 1.165) is 12.8 Å². The average Bonchev–Trinajstić information content (AvgIpc) is 2.81. The summed E-state index contributed by atoms with van der Waals surface area (Å²) in [6.07, 6.45) is 1.56. The topological polar surface area (TPSA) is 105 Å². The van der Waals surface area contributed by atoms with E-state index in [1.165, 1.54) is 0 Å². The third-order valence-corrected chi connectivity index (χ3v) is 3.41. The van der Waals surface area contributed by atoms with Crippen molar-refractivity contribution >= 4 is 12.0 Å². The van der Waals surface area contributed by atoms with Crippen molar-refractivity contribution in [3.63, 3.8) is 0 Å². The first kappa shape index (κ1) is 18.7. The first-order chi connectivity index (χ1) is 10.2. The van der Waals surface area contributed by atoms with E-state index in [2.05, 4.69) is 5.32 Å². The molecule has 1 rings (SSSR count). The van der Waals surface area contributed by atoms with Gasteiger partial charge in [0.15, 0.2) is 0 Å². The van der Waals surface area contributed by atoms with Crippen LogP contribution in [-0.4, -0.2) is 59.4 Å². The lowest BCUT2D eigenvalue weighted by Crippen LogP contribution is -2.49. The molecular formula is C15H29N3O4. The van der Waals surface area contributed by atoms with Crippen molar-refractivity contribution in [2.45, 2.75) is 64.2 Å². The minimum absolute atomic E-state index is 0.167. The number of carbonyl (C=O) groups excluding carboxylic acids is 2. The Kier molecular flexibility index (Phi) is 7.09. The molecule has 0 bridgehead atoms. The van der Waals surface area contributed by atoms with E-state index in [-0.39, 0.29) is 5.91 Å². The molecule has 7 heteroatoms. The molecule has 1 fully saturated rings. The van der Waals surface area contributed by atoms with Gasteiger partial charge in [0.05, 0.1) is 6.10 Å². The van der Waals surface area contributed by atoms with Gasteiger partial charge in [-0.15, -0.1) is 0 Å². The van der Waals surface area contributed by atoms with Crippen molar-refractivity contribution in [2.24, 2.45) is 5.73 Å². The Morgan fingerprint density at radius 2 is 2.09 bits per heavy atom. The van der Waals surface area contributed by atoms with E-state index >= 15 is 0 Å². The number of likely N-dealkylation sites (tertiary alicyclic amines) is 1. The Bertz CT molecular complexity index is 381. The summed E-state index contributed by atoms with van der Waals surface area (Å²) in [5.74, 6) is -0.167. The number of unbranched alkanes of at least 4 members (excludes halogenated alkanes) is 1. The van der Waals surface area contributed by atoms with Gasteiger partial charge in [0.1, 0.15) is 11.6 Å². The zero-order chi connectivity index (χ0) is 16.8. The number of aliphatic hydroxyl groups is 1. The van der Waals surface area contributed by atoms with Gasteiger partial charge in [-0.1, -0.05) is 0 Å². The third kappa shape index (κ3) is 6.62. The van der Waals surface area contributed by atoms with Crippen LogP contribution in [0.4, 0.5) is 4.79 Å². The number of carbonyl (C=O) groups is 2. The second kappa shape index (κ2) is 8.33. The van der Waals surface area contributed by atoms with Gasteiger partial charge in [-0.25, -0.2) is 4.79 Å². The van der Waals surface area contributed by atoms with E-state index in [4.69, 9.17) is 10.5 Å². The van der Waals surface area contributed by atoms with Crippen LogP contribution in [-0.2, 0) is 9.53 Å². The molecule has 0 radical (unpaired) electrons. The Hall–Kier alpha value is -1.34. The van der Waals surface area contributed by atoms with E-state index in [1.54, 1.807) is 25.7 Å². The SMILES string of the molecule is CC(C)(C)OC(=O)N[C@@H](CCCCN)C(=O)N1CC[C@H](O)C1. The number of nitrogens with two attached hydrogens (primary N) is 1. The molecule has 0 spiro atoms. The number of hydrogen-bond donors (Lipinski definition) is 3. The minimum atomic E-state index is -0.633. The van der Waals surface area contributed by atoms with Crippen molar-refractivity contribution in [1.29, 1.82) is 0 Å². The van der Waals surface area contributed by atoms with E-state index in [1.807, 2.05) is 0 Å². The number of β-amino-alcohol motifs (C(OH)–C–C–N with tert-alkyl or cyclic N) is 1. The minimum Gasteiger partial charge on any atom is -0.444 e. The molecule has 0 aromatic rings. The number of aliphatic hydroxyl groups excluding tert-OH is 1. The molecule has 0 unspecified atom stereocenters. The van der Waals surface area contributed by atoms with E-state index in [9.17, 15) is 14.7 Å². The molecule has 0 saturated carbocycles. The average molecular weight is 315 g/mol. The maximum absolute atomic E-state index is 12.5. The van der Waals surface area contributed by atoms with Crippen molar-refractivity contribution in [3.8, 4) is 0 Å². The Labute approximate surface area is 132 Å². The van der Waals surface area contributed by atoms with Gasteiger partial charge in [0, 0.05) is 13.1 Å². The summed E-state index contributed by atoms with van der Waals surface area (Å²) in [7, 11) is 0. The first-order valence-electron chi connectivity index (χ1n) is 7.89. The van der Waals surface area contributed by atoms with Gasteiger partial charge in [0.2, 0.25) is 5.91 Å². The highest BCUT2D eigenvalue weighted by Crippen LogP contribution is 2.14. The molecule has 0 aliphatic carbocycles. The van der Waals surface area contributed by atoms with Crippen molar-refractivity contribution in [3.05, 3.63) is 0 Å². The zero-order valence-electron chi connectivity index (χ0n) is 13.8. The molecule has 1 aliphatic heterocycles. The fourth-order valence-electron chi connectivity index (χ4n) is 2.36. The quantitative estimate of drug-likeness (QED) is 0.623. The van der Waals surface area contributed by atoms with Crippen LogP contribution in [0, 0.1) is 0 Å². The summed E-state index contributed by atoms with van der Waals surface area (Å²) in [5, 5.41) is 12.2. The lowest BCUT2D eigenvalue weighted by Gasteiger charge is -2.26. The van der Waals surface area contributed by atoms with Crippen LogP contribution in [0.2, 0.25) is 0 Å². The summed E-state index contributed by atoms with van der Waals surface area (Å²) in [6, 6.07) is -0.633. The number of hydrogen-bond acceptors (Lipinski definition) is 5. The molecule has 4 N–H and O–H groups in total. The van der Waals surface area contributed by atoms with Gasteiger partial charge in [-0.3, -0.25) is 4.79 Å². The molecule has 0 aromatic carbocycles. The molecular weight excluding hydrogens is 286 g/mol. The smallest absolute Gasteiger partial charge is 0.408 e. The number of rotatable bonds is 6. The maximum atomic E-state index is 12.5. The summed E-state index contributed by atoms with van der Waals surface area (Å²) in [5.41, 5.74) is 4.86. The predicted octanol–water partition coefficient (Wildman–Crippen LogP) is 0.602. The highest BCUT2D eigenvalue weighted by atomic mass is 16.6. The van der Waals surface area contributed by atoms with Crippen LogP contribution >= 0.6 is 0 Å². The van der Waals surface area contributed by atoms with Crippen molar-refractivity contribution in [2.75, 3.05) is 19.6 Å². The number of nitrogens with zero attached hydrogens (tertiary/aromatic N) is 1. The number of ether oxygens (including phenoxy) is 1. The van der Waals surface area contributed by atoms with Gasteiger partial charge < -0.3 is 25.8 Å². The van der Waals surface area contributed by atoms with Crippen LogP contribution in [0.15, 0.2) is 0 Å². The Morgan fingerprint density at radius 1 is 1.41 bits per heavy atom. The van der Waals surface area contributed by atoms with Crippen LogP contribution in [0.5, 0.6) is 0 Å². The number of alkyl carbamates (subject to hydrolysis) is 1. The summed E-state index contributed by atoms with van der Waals surface area (Å²) in [6.45, 7) is 6.71. The first-order valence-corrected chi connectivity index (χ1v) is 7.89. The molecule has 1 heterocycles. The Balaban J connectivity index is 2.62. The summed E-state index contributed by atoms with van der Waals surface area (Å²) >= 11 is 0. The molecule has 22 heavy (non-hydrogen) atoms. The lowest BCUT2D eigenvalue weighted by molar-refractivity contribution is -0.133. The summed E-state index contributed by atoms with van der Waals surface area (Å²) < 4.78 is 5.21. The van der Waals surface area contributed by atoms with Gasteiger partial charge in [-0.2, -0.15) is 0 Å². The molecule has 7 nitrogen and oxygen atoms in total. The number of nitrogens with one attached hydrogen (secondary N) is 1. The fraction of sp³-hybridized carbons (Fsp3) is 0.867. The summed E-state index contributed by atoms with van der Waals surface area (Å²) in [4.78, 5) is 26.0. The molecule has 2 atom stereocenters. The molecule has 0 aromatic heterocycles. The maximum Gasteiger partial charge on any atom is 0.408 e. The molecule has 1 aliphatic rings. The molecule has 128 valence electrons. The van der Waals surface area contributed by atoms with Gasteiger partial charge in [-0.05, 0) is 53.0 Å². The predicted molar refractivity (Wildman–Crippen MR) is 83.3 cm³/mol. The van der Waals surface area contributed by atoms with Crippen molar-refractivity contribution in [1.82, 2.24) is 10.2 Å². The van der Waals surface area contributed by atoms with Gasteiger partial charge >= 0.3 is 6.09 Å².